The van der Waals surface area contributed by atoms with Crippen LogP contribution in [0.15, 0.2) is 60.2 Å². The summed E-state index contributed by atoms with van der Waals surface area (Å²) in [6.07, 6.45) is 2.50. The Kier molecular flexibility index (Phi) is 7.00. The third-order valence-corrected chi connectivity index (χ3v) is 6.36. The highest BCUT2D eigenvalue weighted by atomic mass is 19.1. The van der Waals surface area contributed by atoms with Crippen molar-refractivity contribution in [1.29, 1.82) is 0 Å². The molecule has 0 aliphatic carbocycles. The van der Waals surface area contributed by atoms with Crippen LogP contribution < -0.4 is 0 Å². The molecule has 2 aromatic carbocycles. The molecule has 1 N–H and O–H groups in total. The van der Waals surface area contributed by atoms with E-state index in [4.69, 9.17) is 4.74 Å². The van der Waals surface area contributed by atoms with Crippen LogP contribution in [0.4, 0.5) is 4.39 Å². The van der Waals surface area contributed by atoms with E-state index in [1.165, 1.54) is 23.3 Å². The molecule has 4 atom stereocenters. The molecule has 3 nitrogen and oxygen atoms in total. The lowest BCUT2D eigenvalue weighted by Crippen LogP contribution is -2.24. The van der Waals surface area contributed by atoms with Gasteiger partial charge in [0.25, 0.3) is 0 Å². The lowest BCUT2D eigenvalue weighted by atomic mass is 9.75. The first-order chi connectivity index (χ1) is 14.6. The Hall–Kier alpha value is -2.46. The molecule has 0 aromatic heterocycles. The second-order valence-electron chi connectivity index (χ2n) is 9.81. The summed E-state index contributed by atoms with van der Waals surface area (Å²) in [5.41, 5.74) is 3.93. The SMILES string of the molecule is C/C(=C/C(C)[C@@H]1[C@@H](Cc2ccc(C(C)(C)C)cc2)CO[C@@H]1c1ccc(F)cc1)C(=O)O. The number of allylic oxidation sites excluding steroid dienone is 1. The third kappa shape index (κ3) is 5.62. The Bertz CT molecular complexity index is 922. The molecule has 166 valence electrons. The van der Waals surface area contributed by atoms with Crippen molar-refractivity contribution in [3.05, 3.63) is 82.7 Å². The molecule has 1 aliphatic rings. The fourth-order valence-electron chi connectivity index (χ4n) is 4.59. The highest BCUT2D eigenvalue weighted by Crippen LogP contribution is 2.45. The molecule has 0 radical (unpaired) electrons. The van der Waals surface area contributed by atoms with Crippen molar-refractivity contribution in [3.8, 4) is 0 Å². The molecular weight excluding hydrogens is 391 g/mol. The maximum atomic E-state index is 13.5. The molecule has 1 saturated heterocycles. The van der Waals surface area contributed by atoms with Crippen LogP contribution in [-0.4, -0.2) is 17.7 Å². The van der Waals surface area contributed by atoms with Crippen molar-refractivity contribution in [2.24, 2.45) is 17.8 Å². The number of hydrogen-bond donors (Lipinski definition) is 1. The number of aliphatic carboxylic acids is 1. The second kappa shape index (κ2) is 9.35. The van der Waals surface area contributed by atoms with E-state index in [1.807, 2.05) is 6.08 Å². The first kappa shape index (κ1) is 23.2. The maximum Gasteiger partial charge on any atom is 0.330 e. The number of halogens is 1. The summed E-state index contributed by atoms with van der Waals surface area (Å²) in [6.45, 7) is 10.9. The van der Waals surface area contributed by atoms with Crippen molar-refractivity contribution in [3.63, 3.8) is 0 Å². The van der Waals surface area contributed by atoms with Gasteiger partial charge in [0.05, 0.1) is 12.7 Å². The van der Waals surface area contributed by atoms with Gasteiger partial charge in [0.15, 0.2) is 0 Å². The Balaban J connectivity index is 1.88. The average molecular weight is 425 g/mol. The van der Waals surface area contributed by atoms with Crippen LogP contribution in [0.5, 0.6) is 0 Å². The minimum Gasteiger partial charge on any atom is -0.478 e. The van der Waals surface area contributed by atoms with E-state index in [9.17, 15) is 14.3 Å². The van der Waals surface area contributed by atoms with Crippen LogP contribution in [-0.2, 0) is 21.4 Å². The van der Waals surface area contributed by atoms with Gasteiger partial charge in [-0.2, -0.15) is 0 Å². The quantitative estimate of drug-likeness (QED) is 0.551. The van der Waals surface area contributed by atoms with Gasteiger partial charge in [-0.1, -0.05) is 70.2 Å². The van der Waals surface area contributed by atoms with Crippen LogP contribution in [0.1, 0.15) is 57.4 Å². The molecule has 1 unspecified atom stereocenters. The highest BCUT2D eigenvalue weighted by molar-refractivity contribution is 5.85. The zero-order valence-corrected chi connectivity index (χ0v) is 19.1. The van der Waals surface area contributed by atoms with E-state index < -0.39 is 5.97 Å². The summed E-state index contributed by atoms with van der Waals surface area (Å²) in [4.78, 5) is 11.4. The topological polar surface area (TPSA) is 46.5 Å². The van der Waals surface area contributed by atoms with E-state index in [0.717, 1.165) is 12.0 Å². The van der Waals surface area contributed by atoms with Gasteiger partial charge in [0, 0.05) is 11.5 Å². The molecule has 1 aliphatic heterocycles. The molecule has 0 bridgehead atoms. The van der Waals surface area contributed by atoms with Gasteiger partial charge in [0.2, 0.25) is 0 Å². The summed E-state index contributed by atoms with van der Waals surface area (Å²) in [5.74, 6) is -0.834. The second-order valence-corrected chi connectivity index (χ2v) is 9.81. The normalized spacial score (nSPS) is 23.0. The number of ether oxygens (including phenoxy) is 1. The Morgan fingerprint density at radius 2 is 1.77 bits per heavy atom. The largest absolute Gasteiger partial charge is 0.478 e. The molecule has 1 fully saturated rings. The van der Waals surface area contributed by atoms with Gasteiger partial charge in [-0.3, -0.25) is 0 Å². The molecule has 31 heavy (non-hydrogen) atoms. The summed E-state index contributed by atoms with van der Waals surface area (Å²) < 4.78 is 19.7. The van der Waals surface area contributed by atoms with Crippen molar-refractivity contribution >= 4 is 5.97 Å². The first-order valence-corrected chi connectivity index (χ1v) is 10.9. The van der Waals surface area contributed by atoms with Crippen LogP contribution in [0.2, 0.25) is 0 Å². The molecule has 4 heteroatoms. The fraction of sp³-hybridized carbons (Fsp3) is 0.444. The fourth-order valence-corrected chi connectivity index (χ4v) is 4.59. The molecular formula is C27H33FO3. The number of carbonyl (C=O) groups is 1. The molecule has 0 spiro atoms. The van der Waals surface area contributed by atoms with Gasteiger partial charge in [-0.05, 0) is 59.4 Å². The molecule has 0 amide bonds. The lowest BCUT2D eigenvalue weighted by molar-refractivity contribution is -0.132. The van der Waals surface area contributed by atoms with Gasteiger partial charge in [0.1, 0.15) is 5.82 Å². The summed E-state index contributed by atoms with van der Waals surface area (Å²) in [7, 11) is 0. The van der Waals surface area contributed by atoms with Gasteiger partial charge in [-0.25, -0.2) is 9.18 Å². The van der Waals surface area contributed by atoms with Crippen molar-refractivity contribution in [2.45, 2.75) is 52.6 Å². The molecule has 0 saturated carbocycles. The van der Waals surface area contributed by atoms with Crippen LogP contribution in [0.25, 0.3) is 0 Å². The van der Waals surface area contributed by atoms with Crippen LogP contribution in [0.3, 0.4) is 0 Å². The highest BCUT2D eigenvalue weighted by Gasteiger charge is 2.40. The number of benzene rings is 2. The first-order valence-electron chi connectivity index (χ1n) is 10.9. The predicted octanol–water partition coefficient (Wildman–Crippen LogP) is 6.34. The molecule has 2 aromatic rings. The van der Waals surface area contributed by atoms with E-state index >= 15 is 0 Å². The number of carboxylic acid groups (broad SMARTS) is 1. The minimum atomic E-state index is -0.904. The summed E-state index contributed by atoms with van der Waals surface area (Å²) >= 11 is 0. The van der Waals surface area contributed by atoms with Crippen molar-refractivity contribution < 1.29 is 19.0 Å². The van der Waals surface area contributed by atoms with Crippen LogP contribution in [0, 0.1) is 23.6 Å². The Morgan fingerprint density at radius 3 is 2.32 bits per heavy atom. The monoisotopic (exact) mass is 424 g/mol. The number of carboxylic acids is 1. The summed E-state index contributed by atoms with van der Waals surface area (Å²) in [6, 6.07) is 15.2. The van der Waals surface area contributed by atoms with E-state index in [-0.39, 0.29) is 35.1 Å². The lowest BCUT2D eigenvalue weighted by Gasteiger charge is -2.28. The minimum absolute atomic E-state index is 0.00695. The Labute approximate surface area is 185 Å². The molecule has 3 rings (SSSR count). The standard InChI is InChI=1S/C27H33FO3/c1-17(14-18(2)26(29)30)24-21(15-19-6-10-22(11-7-19)27(3,4)5)16-31-25(24)20-8-12-23(28)13-9-20/h6-14,17,21,24-25H,15-16H2,1-5H3,(H,29,30)/b18-14-/t17?,21-,24+,25+/m0/s1. The van der Waals surface area contributed by atoms with Crippen molar-refractivity contribution in [1.82, 2.24) is 0 Å². The zero-order chi connectivity index (χ0) is 22.8. The van der Waals surface area contributed by atoms with E-state index in [0.29, 0.717) is 12.2 Å². The third-order valence-electron chi connectivity index (χ3n) is 6.36. The molecule has 1 heterocycles. The van der Waals surface area contributed by atoms with E-state index in [1.54, 1.807) is 19.1 Å². The number of rotatable bonds is 6. The predicted molar refractivity (Wildman–Crippen MR) is 121 cm³/mol. The zero-order valence-electron chi connectivity index (χ0n) is 19.1. The van der Waals surface area contributed by atoms with Crippen molar-refractivity contribution in [2.75, 3.05) is 6.61 Å². The Morgan fingerprint density at radius 1 is 1.16 bits per heavy atom. The van der Waals surface area contributed by atoms with Gasteiger partial charge >= 0.3 is 5.97 Å². The number of hydrogen-bond acceptors (Lipinski definition) is 2. The smallest absolute Gasteiger partial charge is 0.330 e. The van der Waals surface area contributed by atoms with Gasteiger partial charge in [-0.15, -0.1) is 0 Å². The summed E-state index contributed by atoms with van der Waals surface area (Å²) in [5, 5.41) is 9.34. The maximum absolute atomic E-state index is 13.5. The van der Waals surface area contributed by atoms with E-state index in [2.05, 4.69) is 52.0 Å². The average Bonchev–Trinajstić information content (AvgIpc) is 3.11. The van der Waals surface area contributed by atoms with Gasteiger partial charge < -0.3 is 9.84 Å². The van der Waals surface area contributed by atoms with Crippen LogP contribution >= 0.6 is 0 Å².